The number of hydrogen-bond donors (Lipinski definition) is 1. The van der Waals surface area contributed by atoms with Crippen LogP contribution in [0, 0.1) is 0 Å². The number of furan rings is 1. The lowest BCUT2D eigenvalue weighted by molar-refractivity contribution is -0.123. The van der Waals surface area contributed by atoms with E-state index in [1.165, 1.54) is 6.26 Å². The zero-order valence-corrected chi connectivity index (χ0v) is 22.6. The largest absolute Gasteiger partial charge is 0.493 e. The molecule has 40 heavy (non-hydrogen) atoms. The second-order valence-electron chi connectivity index (χ2n) is 9.33. The van der Waals surface area contributed by atoms with Gasteiger partial charge in [-0.25, -0.2) is 4.98 Å². The highest BCUT2D eigenvalue weighted by Gasteiger charge is 2.24. The summed E-state index contributed by atoms with van der Waals surface area (Å²) >= 11 is 0. The predicted octanol–water partition coefficient (Wildman–Crippen LogP) is 3.55. The number of nitrogens with zero attached hydrogens (tertiary/aromatic N) is 3. The summed E-state index contributed by atoms with van der Waals surface area (Å²) in [6.45, 7) is 2.78. The highest BCUT2D eigenvalue weighted by molar-refractivity contribution is 5.91. The van der Waals surface area contributed by atoms with Gasteiger partial charge in [0.05, 0.1) is 20.5 Å². The minimum Gasteiger partial charge on any atom is -0.493 e. The zero-order chi connectivity index (χ0) is 27.9. The molecule has 2 aromatic carbocycles. The van der Waals surface area contributed by atoms with E-state index < -0.39 is 0 Å². The van der Waals surface area contributed by atoms with E-state index in [1.54, 1.807) is 31.3 Å². The molecule has 4 aromatic rings. The number of para-hydroxylation sites is 1. The van der Waals surface area contributed by atoms with Gasteiger partial charge in [-0.2, -0.15) is 0 Å². The molecule has 0 spiro atoms. The Morgan fingerprint density at radius 2 is 1.75 bits per heavy atom. The normalized spacial score (nSPS) is 13.2. The number of amides is 2. The topological polar surface area (TPSA) is 106 Å². The number of carbonyl (C=O) groups is 2. The molecular formula is C30H32N4O6. The first kappa shape index (κ1) is 26.9. The molecule has 208 valence electrons. The Labute approximate surface area is 232 Å². The maximum Gasteiger partial charge on any atom is 0.289 e. The smallest absolute Gasteiger partial charge is 0.289 e. The minimum atomic E-state index is -0.217. The van der Waals surface area contributed by atoms with Gasteiger partial charge in [0, 0.05) is 38.1 Å². The second kappa shape index (κ2) is 12.4. The van der Waals surface area contributed by atoms with Gasteiger partial charge in [-0.1, -0.05) is 18.2 Å². The molecule has 0 unspecified atom stereocenters. The number of benzene rings is 2. The van der Waals surface area contributed by atoms with Crippen LogP contribution in [0.1, 0.15) is 16.1 Å². The number of pyridine rings is 1. The molecule has 10 heteroatoms. The number of aromatic nitrogens is 1. The van der Waals surface area contributed by atoms with E-state index in [0.29, 0.717) is 67.7 Å². The molecule has 1 aliphatic heterocycles. The number of nitrogens with one attached hydrogen (secondary N) is 1. The Morgan fingerprint density at radius 1 is 0.925 bits per heavy atom. The van der Waals surface area contributed by atoms with Crippen LogP contribution in [0.3, 0.4) is 0 Å². The minimum absolute atomic E-state index is 0.103. The fourth-order valence-electron chi connectivity index (χ4n) is 4.67. The molecule has 1 aliphatic rings. The number of piperazine rings is 1. The molecule has 0 atom stereocenters. The summed E-state index contributed by atoms with van der Waals surface area (Å²) in [4.78, 5) is 33.9. The van der Waals surface area contributed by atoms with Crippen LogP contribution in [0.25, 0.3) is 10.9 Å². The van der Waals surface area contributed by atoms with Crippen molar-refractivity contribution in [2.75, 3.05) is 58.5 Å². The first-order chi connectivity index (χ1) is 19.6. The number of rotatable bonds is 10. The SMILES string of the molecule is COc1ccc(CCNC(=O)COc2cccc3ccc(N4CCN(C(=O)c5ccco5)CC4)nc23)cc1OC. The van der Waals surface area contributed by atoms with E-state index in [1.807, 2.05) is 48.5 Å². The molecule has 0 radical (unpaired) electrons. The molecule has 1 fully saturated rings. The number of methoxy groups -OCH3 is 2. The van der Waals surface area contributed by atoms with Crippen LogP contribution >= 0.6 is 0 Å². The monoisotopic (exact) mass is 544 g/mol. The van der Waals surface area contributed by atoms with Crippen LogP contribution < -0.4 is 24.4 Å². The van der Waals surface area contributed by atoms with Crippen LogP contribution in [0.15, 0.2) is 71.3 Å². The Bertz CT molecular complexity index is 1460. The Balaban J connectivity index is 1.16. The molecule has 1 N–H and O–H groups in total. The Morgan fingerprint density at radius 3 is 2.50 bits per heavy atom. The van der Waals surface area contributed by atoms with E-state index >= 15 is 0 Å². The van der Waals surface area contributed by atoms with Crippen LogP contribution in [-0.4, -0.2) is 75.2 Å². The van der Waals surface area contributed by atoms with E-state index in [0.717, 1.165) is 16.8 Å². The molecule has 2 amide bonds. The van der Waals surface area contributed by atoms with Crippen LogP contribution in [0.2, 0.25) is 0 Å². The van der Waals surface area contributed by atoms with Crippen molar-refractivity contribution in [3.05, 3.63) is 78.3 Å². The van der Waals surface area contributed by atoms with Crippen LogP contribution in [0.4, 0.5) is 5.82 Å². The van der Waals surface area contributed by atoms with E-state index in [2.05, 4.69) is 10.2 Å². The summed E-state index contributed by atoms with van der Waals surface area (Å²) < 4.78 is 21.8. The summed E-state index contributed by atoms with van der Waals surface area (Å²) in [5, 5.41) is 3.82. The summed E-state index contributed by atoms with van der Waals surface area (Å²) in [6.07, 6.45) is 2.15. The van der Waals surface area contributed by atoms with Gasteiger partial charge in [-0.3, -0.25) is 9.59 Å². The Kier molecular flexibility index (Phi) is 8.34. The first-order valence-electron chi connectivity index (χ1n) is 13.1. The molecule has 0 saturated carbocycles. The number of fused-ring (bicyclic) bond motifs is 1. The van der Waals surface area contributed by atoms with Gasteiger partial charge in [0.1, 0.15) is 17.1 Å². The lowest BCUT2D eigenvalue weighted by Crippen LogP contribution is -2.49. The zero-order valence-electron chi connectivity index (χ0n) is 22.6. The number of anilines is 1. The number of carbonyl (C=O) groups excluding carboxylic acids is 2. The summed E-state index contributed by atoms with van der Waals surface area (Å²) in [5.41, 5.74) is 1.71. The highest BCUT2D eigenvalue weighted by atomic mass is 16.5. The maximum absolute atomic E-state index is 12.6. The fourth-order valence-corrected chi connectivity index (χ4v) is 4.67. The van der Waals surface area contributed by atoms with Crippen molar-refractivity contribution in [3.63, 3.8) is 0 Å². The van der Waals surface area contributed by atoms with Crippen LogP contribution in [0.5, 0.6) is 17.2 Å². The van der Waals surface area contributed by atoms with Gasteiger partial charge >= 0.3 is 0 Å². The second-order valence-corrected chi connectivity index (χ2v) is 9.33. The third kappa shape index (κ3) is 6.12. The number of ether oxygens (including phenoxy) is 3. The third-order valence-corrected chi connectivity index (χ3v) is 6.83. The van der Waals surface area contributed by atoms with Crippen LogP contribution in [-0.2, 0) is 11.2 Å². The lowest BCUT2D eigenvalue weighted by atomic mass is 10.1. The average molecular weight is 545 g/mol. The van der Waals surface area contributed by atoms with Gasteiger partial charge in [0.25, 0.3) is 11.8 Å². The predicted molar refractivity (Wildman–Crippen MR) is 150 cm³/mol. The van der Waals surface area contributed by atoms with Crippen molar-refractivity contribution in [1.82, 2.24) is 15.2 Å². The quantitative estimate of drug-likeness (QED) is 0.323. The van der Waals surface area contributed by atoms with Crippen molar-refractivity contribution in [2.24, 2.45) is 0 Å². The van der Waals surface area contributed by atoms with Crippen molar-refractivity contribution < 1.29 is 28.2 Å². The van der Waals surface area contributed by atoms with E-state index in [4.69, 9.17) is 23.6 Å². The molecule has 2 aromatic heterocycles. The van der Waals surface area contributed by atoms with Crippen molar-refractivity contribution >= 4 is 28.5 Å². The van der Waals surface area contributed by atoms with E-state index in [-0.39, 0.29) is 18.4 Å². The van der Waals surface area contributed by atoms with Gasteiger partial charge in [0.15, 0.2) is 23.9 Å². The van der Waals surface area contributed by atoms with Gasteiger partial charge < -0.3 is 33.7 Å². The molecule has 0 aliphatic carbocycles. The van der Waals surface area contributed by atoms with Crippen molar-refractivity contribution in [2.45, 2.75) is 6.42 Å². The van der Waals surface area contributed by atoms with Crippen molar-refractivity contribution in [1.29, 1.82) is 0 Å². The Hall–Kier alpha value is -4.73. The maximum atomic E-state index is 12.6. The summed E-state index contributed by atoms with van der Waals surface area (Å²) in [6, 6.07) is 18.7. The molecule has 10 nitrogen and oxygen atoms in total. The molecule has 3 heterocycles. The fraction of sp³-hybridized carbons (Fsp3) is 0.300. The molecule has 1 saturated heterocycles. The van der Waals surface area contributed by atoms with Crippen molar-refractivity contribution in [3.8, 4) is 17.2 Å². The van der Waals surface area contributed by atoms with E-state index in [9.17, 15) is 9.59 Å². The number of hydrogen-bond acceptors (Lipinski definition) is 8. The summed E-state index contributed by atoms with van der Waals surface area (Å²) in [7, 11) is 3.19. The molecular weight excluding hydrogens is 512 g/mol. The first-order valence-corrected chi connectivity index (χ1v) is 13.1. The van der Waals surface area contributed by atoms with Gasteiger partial charge in [-0.15, -0.1) is 0 Å². The molecule has 5 rings (SSSR count). The molecule has 0 bridgehead atoms. The average Bonchev–Trinajstić information content (AvgIpc) is 3.54. The van der Waals surface area contributed by atoms with Gasteiger partial charge in [-0.05, 0) is 54.4 Å². The lowest BCUT2D eigenvalue weighted by Gasteiger charge is -2.35. The third-order valence-electron chi connectivity index (χ3n) is 6.83. The summed E-state index contributed by atoms with van der Waals surface area (Å²) in [5.74, 6) is 2.69. The van der Waals surface area contributed by atoms with Gasteiger partial charge in [0.2, 0.25) is 0 Å². The standard InChI is InChI=1S/C30H32N4O6/c1-37-23-10-8-21(19-26(23)38-2)12-13-31-28(35)20-40-24-6-3-5-22-9-11-27(32-29(22)24)33-14-16-34(17-15-33)30(36)25-7-4-18-39-25/h3-11,18-19H,12-17,20H2,1-2H3,(H,31,35). The highest BCUT2D eigenvalue weighted by Crippen LogP contribution is 2.28.